The third kappa shape index (κ3) is 3.33. The Kier molecular flexibility index (Phi) is 4.69. The van der Waals surface area contributed by atoms with Gasteiger partial charge in [-0.1, -0.05) is 18.5 Å². The lowest BCUT2D eigenvalue weighted by molar-refractivity contribution is 0.323. The van der Waals surface area contributed by atoms with Crippen LogP contribution in [-0.4, -0.2) is 11.6 Å². The highest BCUT2D eigenvalue weighted by Gasteiger charge is 2.07. The topological polar surface area (TPSA) is 57.4 Å². The highest BCUT2D eigenvalue weighted by Crippen LogP contribution is 2.28. The summed E-state index contributed by atoms with van der Waals surface area (Å²) in [5.74, 6) is 1.51. The molecule has 0 unspecified atom stereocenters. The maximum absolute atomic E-state index is 6.08. The molecule has 0 aliphatic carbocycles. The van der Waals surface area contributed by atoms with Crippen molar-refractivity contribution in [3.05, 3.63) is 40.9 Å². The molecule has 1 aromatic carbocycles. The molecule has 2 rings (SSSR count). The van der Waals surface area contributed by atoms with Crippen LogP contribution in [0, 0.1) is 0 Å². The number of ether oxygens (including phenoxy) is 2. The number of nitrogens with zero attached hydrogens (tertiary/aromatic N) is 1. The fourth-order valence-electron chi connectivity index (χ4n) is 1.75. The van der Waals surface area contributed by atoms with E-state index < -0.39 is 0 Å². The normalized spacial score (nSPS) is 10.3. The number of hydrogen-bond acceptors (Lipinski definition) is 4. The summed E-state index contributed by atoms with van der Waals surface area (Å²) in [7, 11) is 0. The SMILES string of the molecule is CCOc1nc(Oc2ccc(Cl)c(CC)c2)ccc1N. The first-order valence-electron chi connectivity index (χ1n) is 6.49. The van der Waals surface area contributed by atoms with Gasteiger partial charge >= 0.3 is 0 Å². The second-order valence-corrected chi connectivity index (χ2v) is 4.59. The molecule has 0 atom stereocenters. The molecule has 0 fully saturated rings. The van der Waals surface area contributed by atoms with E-state index in [1.54, 1.807) is 18.2 Å². The molecule has 0 amide bonds. The van der Waals surface area contributed by atoms with Crippen molar-refractivity contribution in [1.82, 2.24) is 4.98 Å². The quantitative estimate of drug-likeness (QED) is 0.902. The van der Waals surface area contributed by atoms with Crippen molar-refractivity contribution in [2.75, 3.05) is 12.3 Å². The molecule has 4 nitrogen and oxygen atoms in total. The average Bonchev–Trinajstić information content (AvgIpc) is 2.45. The van der Waals surface area contributed by atoms with Crippen LogP contribution in [0.25, 0.3) is 0 Å². The van der Waals surface area contributed by atoms with E-state index in [0.29, 0.717) is 29.8 Å². The molecule has 5 heteroatoms. The molecule has 106 valence electrons. The third-order valence-corrected chi connectivity index (χ3v) is 3.13. The molecule has 2 aromatic rings. The Morgan fingerprint density at radius 1 is 1.20 bits per heavy atom. The van der Waals surface area contributed by atoms with Gasteiger partial charge in [0.2, 0.25) is 11.8 Å². The first-order valence-corrected chi connectivity index (χ1v) is 6.87. The van der Waals surface area contributed by atoms with E-state index in [9.17, 15) is 0 Å². The summed E-state index contributed by atoms with van der Waals surface area (Å²) < 4.78 is 11.1. The van der Waals surface area contributed by atoms with E-state index in [2.05, 4.69) is 4.98 Å². The maximum Gasteiger partial charge on any atom is 0.240 e. The lowest BCUT2D eigenvalue weighted by atomic mass is 10.1. The number of anilines is 1. The predicted octanol–water partition coefficient (Wildman–Crippen LogP) is 4.07. The van der Waals surface area contributed by atoms with Crippen LogP contribution >= 0.6 is 11.6 Å². The molecule has 0 spiro atoms. The minimum absolute atomic E-state index is 0.384. The van der Waals surface area contributed by atoms with Gasteiger partial charge in [0.1, 0.15) is 5.75 Å². The fourth-order valence-corrected chi connectivity index (χ4v) is 2.00. The number of rotatable bonds is 5. The second-order valence-electron chi connectivity index (χ2n) is 4.19. The summed E-state index contributed by atoms with van der Waals surface area (Å²) in [5, 5.41) is 0.736. The molecule has 1 aromatic heterocycles. The molecule has 0 aliphatic heterocycles. The van der Waals surface area contributed by atoms with Gasteiger partial charge in [-0.3, -0.25) is 0 Å². The van der Waals surface area contributed by atoms with Crippen molar-refractivity contribution in [2.45, 2.75) is 20.3 Å². The first-order chi connectivity index (χ1) is 9.63. The smallest absolute Gasteiger partial charge is 0.240 e. The van der Waals surface area contributed by atoms with Gasteiger partial charge in [0.15, 0.2) is 0 Å². The van der Waals surface area contributed by atoms with Crippen molar-refractivity contribution in [2.24, 2.45) is 0 Å². The zero-order valence-electron chi connectivity index (χ0n) is 11.5. The lowest BCUT2D eigenvalue weighted by Crippen LogP contribution is -2.00. The van der Waals surface area contributed by atoms with E-state index in [-0.39, 0.29) is 0 Å². The molecule has 20 heavy (non-hydrogen) atoms. The highest BCUT2D eigenvalue weighted by molar-refractivity contribution is 6.31. The predicted molar refractivity (Wildman–Crippen MR) is 80.7 cm³/mol. The van der Waals surface area contributed by atoms with Gasteiger partial charge in [0, 0.05) is 11.1 Å². The molecule has 1 heterocycles. The number of halogens is 1. The van der Waals surface area contributed by atoms with Gasteiger partial charge in [0.05, 0.1) is 12.3 Å². The fraction of sp³-hybridized carbons (Fsp3) is 0.267. The van der Waals surface area contributed by atoms with Gasteiger partial charge in [0.25, 0.3) is 0 Å². The van der Waals surface area contributed by atoms with Crippen molar-refractivity contribution in [3.63, 3.8) is 0 Å². The van der Waals surface area contributed by atoms with Gasteiger partial charge < -0.3 is 15.2 Å². The third-order valence-electron chi connectivity index (χ3n) is 2.77. The Hall–Kier alpha value is -1.94. The van der Waals surface area contributed by atoms with E-state index in [4.69, 9.17) is 26.8 Å². The van der Waals surface area contributed by atoms with E-state index >= 15 is 0 Å². The maximum atomic E-state index is 6.08. The van der Waals surface area contributed by atoms with Gasteiger partial charge in [-0.25, -0.2) is 0 Å². The molecule has 0 saturated carbocycles. The zero-order valence-corrected chi connectivity index (χ0v) is 12.3. The molecular formula is C15H17ClN2O2. The first kappa shape index (κ1) is 14.5. The Bertz CT molecular complexity index is 602. The van der Waals surface area contributed by atoms with Crippen LogP contribution in [0.2, 0.25) is 5.02 Å². The van der Waals surface area contributed by atoms with Crippen molar-refractivity contribution in [3.8, 4) is 17.5 Å². The number of hydrogen-bond donors (Lipinski definition) is 1. The Balaban J connectivity index is 2.23. The van der Waals surface area contributed by atoms with Crippen LogP contribution in [0.4, 0.5) is 5.69 Å². The summed E-state index contributed by atoms with van der Waals surface area (Å²) in [6.45, 7) is 4.42. The van der Waals surface area contributed by atoms with Gasteiger partial charge in [-0.2, -0.15) is 4.98 Å². The van der Waals surface area contributed by atoms with Crippen LogP contribution in [0.1, 0.15) is 19.4 Å². The molecule has 0 bridgehead atoms. The van der Waals surface area contributed by atoms with Crippen molar-refractivity contribution >= 4 is 17.3 Å². The Morgan fingerprint density at radius 3 is 2.70 bits per heavy atom. The van der Waals surface area contributed by atoms with E-state index in [1.807, 2.05) is 26.0 Å². The summed E-state index contributed by atoms with van der Waals surface area (Å²) in [6.07, 6.45) is 0.843. The number of nitrogen functional groups attached to an aromatic ring is 1. The number of pyridine rings is 1. The average molecular weight is 293 g/mol. The highest BCUT2D eigenvalue weighted by atomic mass is 35.5. The minimum Gasteiger partial charge on any atom is -0.476 e. The van der Waals surface area contributed by atoms with Crippen molar-refractivity contribution in [1.29, 1.82) is 0 Å². The summed E-state index contributed by atoms with van der Waals surface area (Å²) in [6, 6.07) is 8.94. The van der Waals surface area contributed by atoms with Crippen LogP contribution in [0.3, 0.4) is 0 Å². The molecule has 2 N–H and O–H groups in total. The largest absolute Gasteiger partial charge is 0.476 e. The van der Waals surface area contributed by atoms with Crippen LogP contribution in [-0.2, 0) is 6.42 Å². The van der Waals surface area contributed by atoms with Gasteiger partial charge in [-0.15, -0.1) is 0 Å². The summed E-state index contributed by atoms with van der Waals surface area (Å²) in [5.41, 5.74) is 7.30. The van der Waals surface area contributed by atoms with Crippen LogP contribution in [0.15, 0.2) is 30.3 Å². The monoisotopic (exact) mass is 292 g/mol. The minimum atomic E-state index is 0.384. The summed E-state index contributed by atoms with van der Waals surface area (Å²) in [4.78, 5) is 4.23. The lowest BCUT2D eigenvalue weighted by Gasteiger charge is -2.10. The van der Waals surface area contributed by atoms with Crippen LogP contribution < -0.4 is 15.2 Å². The molecule has 0 aliphatic rings. The number of aromatic nitrogens is 1. The standard InChI is InChI=1S/C15H17ClN2O2/c1-3-10-9-11(5-6-12(10)16)20-14-8-7-13(17)15(18-14)19-4-2/h5-9H,3-4,17H2,1-2H3. The number of aryl methyl sites for hydroxylation is 1. The zero-order chi connectivity index (χ0) is 14.5. The van der Waals surface area contributed by atoms with Crippen LogP contribution in [0.5, 0.6) is 17.5 Å². The second kappa shape index (κ2) is 6.48. The van der Waals surface area contributed by atoms with E-state index in [0.717, 1.165) is 17.0 Å². The Labute approximate surface area is 123 Å². The van der Waals surface area contributed by atoms with E-state index in [1.165, 1.54) is 0 Å². The van der Waals surface area contributed by atoms with Gasteiger partial charge in [-0.05, 0) is 43.2 Å². The molecular weight excluding hydrogens is 276 g/mol. The number of benzene rings is 1. The number of nitrogens with two attached hydrogens (primary N) is 1. The molecule has 0 radical (unpaired) electrons. The molecule has 0 saturated heterocycles. The van der Waals surface area contributed by atoms with Crippen molar-refractivity contribution < 1.29 is 9.47 Å². The summed E-state index contributed by atoms with van der Waals surface area (Å²) >= 11 is 6.08. The Morgan fingerprint density at radius 2 is 2.00 bits per heavy atom.